The predicted molar refractivity (Wildman–Crippen MR) is 75.1 cm³/mol. The Kier molecular flexibility index (Phi) is 4.40. The molecule has 1 aromatic rings. The molecule has 1 rings (SSSR count). The molecule has 1 heterocycles. The quantitative estimate of drug-likeness (QED) is 0.869. The highest BCUT2D eigenvalue weighted by atomic mass is 32.2. The van der Waals surface area contributed by atoms with Crippen molar-refractivity contribution in [1.29, 1.82) is 0 Å². The Morgan fingerprint density at radius 2 is 2.00 bits per heavy atom. The summed E-state index contributed by atoms with van der Waals surface area (Å²) in [5.74, 6) is 0.382. The average Bonchev–Trinajstić information content (AvgIpc) is 2.56. The van der Waals surface area contributed by atoms with Crippen molar-refractivity contribution in [3.05, 3.63) is 5.69 Å². The van der Waals surface area contributed by atoms with Crippen molar-refractivity contribution < 1.29 is 8.42 Å². The summed E-state index contributed by atoms with van der Waals surface area (Å²) in [6.45, 7) is 10.3. The molecule has 0 aromatic carbocycles. The highest BCUT2D eigenvalue weighted by molar-refractivity contribution is 7.91. The number of hydrogen-bond acceptors (Lipinski definition) is 5. The van der Waals surface area contributed by atoms with Crippen LogP contribution in [-0.2, 0) is 10.0 Å². The molecule has 3 N–H and O–H groups in total. The summed E-state index contributed by atoms with van der Waals surface area (Å²) < 4.78 is 27.1. The fourth-order valence-corrected chi connectivity index (χ4v) is 3.77. The number of aryl methyl sites for hydroxylation is 1. The largest absolute Gasteiger partial charge is 0.375 e. The van der Waals surface area contributed by atoms with Gasteiger partial charge in [0.05, 0.1) is 5.69 Å². The molecule has 0 atom stereocenters. The van der Waals surface area contributed by atoms with E-state index >= 15 is 0 Å². The van der Waals surface area contributed by atoms with Crippen molar-refractivity contribution in [3.8, 4) is 0 Å². The molecule has 0 radical (unpaired) electrons. The van der Waals surface area contributed by atoms with Gasteiger partial charge in [-0.05, 0) is 18.3 Å². The second-order valence-electron chi connectivity index (χ2n) is 5.39. The Morgan fingerprint density at radius 1 is 1.44 bits per heavy atom. The van der Waals surface area contributed by atoms with E-state index in [1.807, 2.05) is 13.8 Å². The van der Waals surface area contributed by atoms with Gasteiger partial charge in [-0.3, -0.25) is 0 Å². The van der Waals surface area contributed by atoms with Gasteiger partial charge < -0.3 is 5.73 Å². The highest BCUT2D eigenvalue weighted by Crippen LogP contribution is 2.28. The molecule has 0 unspecified atom stereocenters. The van der Waals surface area contributed by atoms with Crippen LogP contribution in [0, 0.1) is 18.3 Å². The Balaban J connectivity index is 2.88. The van der Waals surface area contributed by atoms with Crippen LogP contribution >= 0.6 is 11.3 Å². The van der Waals surface area contributed by atoms with Crippen LogP contribution in [0.1, 0.15) is 33.4 Å². The molecular formula is C11H21N3O2S2. The zero-order valence-electron chi connectivity index (χ0n) is 11.4. The lowest BCUT2D eigenvalue weighted by Crippen LogP contribution is -2.36. The zero-order valence-corrected chi connectivity index (χ0v) is 13.1. The Labute approximate surface area is 113 Å². The molecule has 1 aromatic heterocycles. The van der Waals surface area contributed by atoms with Gasteiger partial charge in [0, 0.05) is 6.54 Å². The third-order valence-corrected chi connectivity index (χ3v) is 6.29. The van der Waals surface area contributed by atoms with Crippen LogP contribution < -0.4 is 10.5 Å². The molecule has 104 valence electrons. The van der Waals surface area contributed by atoms with Crippen LogP contribution in [0.3, 0.4) is 0 Å². The minimum Gasteiger partial charge on any atom is -0.375 e. The maximum absolute atomic E-state index is 12.1. The van der Waals surface area contributed by atoms with E-state index in [-0.39, 0.29) is 14.8 Å². The van der Waals surface area contributed by atoms with E-state index in [0.717, 1.165) is 11.3 Å². The predicted octanol–water partition coefficient (Wildman–Crippen LogP) is 1.99. The Bertz CT molecular complexity index is 518. The minimum absolute atomic E-state index is 0.1000. The van der Waals surface area contributed by atoms with Crippen molar-refractivity contribution in [3.63, 3.8) is 0 Å². The molecule has 0 amide bonds. The Morgan fingerprint density at radius 3 is 2.39 bits per heavy atom. The summed E-state index contributed by atoms with van der Waals surface area (Å²) in [7, 11) is -3.51. The summed E-state index contributed by atoms with van der Waals surface area (Å²) in [4.78, 5) is 3.93. The molecule has 18 heavy (non-hydrogen) atoms. The fourth-order valence-electron chi connectivity index (χ4n) is 1.20. The molecule has 5 nitrogen and oxygen atoms in total. The van der Waals surface area contributed by atoms with E-state index < -0.39 is 10.0 Å². The number of nitrogens with one attached hydrogen (secondary N) is 1. The number of nitrogens with two attached hydrogens (primary N) is 1. The third kappa shape index (κ3) is 3.43. The first-order valence-corrected chi connectivity index (χ1v) is 8.09. The van der Waals surface area contributed by atoms with Crippen molar-refractivity contribution >= 4 is 26.5 Å². The zero-order chi connectivity index (χ0) is 14.1. The number of thiazole rings is 1. The van der Waals surface area contributed by atoms with Gasteiger partial charge in [-0.15, -0.1) is 0 Å². The topological polar surface area (TPSA) is 85.1 Å². The summed E-state index contributed by atoms with van der Waals surface area (Å²) in [6, 6.07) is 0. The molecule has 0 aliphatic heterocycles. The first-order valence-electron chi connectivity index (χ1n) is 5.79. The van der Waals surface area contributed by atoms with Crippen molar-refractivity contribution in [2.45, 2.75) is 38.8 Å². The Hall–Kier alpha value is -0.660. The first kappa shape index (κ1) is 15.4. The van der Waals surface area contributed by atoms with Crippen LogP contribution in [0.25, 0.3) is 0 Å². The van der Waals surface area contributed by atoms with E-state index in [1.54, 1.807) is 6.92 Å². The maximum Gasteiger partial charge on any atom is 0.252 e. The number of sulfonamides is 1. The standard InChI is InChI=1S/C11H21N3O2S2/c1-7(2)11(4,5)6-13-18(15,16)9-8(3)14-10(12)17-9/h7,13H,6H2,1-5H3,(H2,12,14). The van der Waals surface area contributed by atoms with Gasteiger partial charge in [0.15, 0.2) is 9.34 Å². The second kappa shape index (κ2) is 5.14. The molecule has 0 saturated carbocycles. The van der Waals surface area contributed by atoms with Gasteiger partial charge in [0.1, 0.15) is 0 Å². The molecule has 0 aliphatic rings. The number of anilines is 1. The van der Waals surface area contributed by atoms with Crippen LogP contribution in [0.15, 0.2) is 4.21 Å². The molecule has 0 saturated heterocycles. The molecule has 0 aliphatic carbocycles. The number of rotatable bonds is 5. The molecule has 0 fully saturated rings. The summed E-state index contributed by atoms with van der Waals surface area (Å²) in [5.41, 5.74) is 5.87. The number of nitrogen functional groups attached to an aromatic ring is 1. The highest BCUT2D eigenvalue weighted by Gasteiger charge is 2.27. The first-order chi connectivity index (χ1) is 8.06. The van der Waals surface area contributed by atoms with Crippen LogP contribution in [0.2, 0.25) is 0 Å². The molecule has 7 heteroatoms. The van der Waals surface area contributed by atoms with E-state index in [9.17, 15) is 8.42 Å². The van der Waals surface area contributed by atoms with Gasteiger partial charge in [0.2, 0.25) is 0 Å². The molecule has 0 spiro atoms. The van der Waals surface area contributed by atoms with Crippen molar-refractivity contribution in [1.82, 2.24) is 9.71 Å². The summed E-state index contributed by atoms with van der Waals surface area (Å²) in [5, 5.41) is 0.274. The maximum atomic E-state index is 12.1. The smallest absolute Gasteiger partial charge is 0.252 e. The van der Waals surface area contributed by atoms with Crippen LogP contribution in [-0.4, -0.2) is 19.9 Å². The van der Waals surface area contributed by atoms with Gasteiger partial charge in [-0.25, -0.2) is 18.1 Å². The van der Waals surface area contributed by atoms with Crippen LogP contribution in [0.5, 0.6) is 0 Å². The van der Waals surface area contributed by atoms with E-state index in [2.05, 4.69) is 23.6 Å². The number of aromatic nitrogens is 1. The monoisotopic (exact) mass is 291 g/mol. The summed E-state index contributed by atoms with van der Waals surface area (Å²) >= 11 is 0.996. The molecular weight excluding hydrogens is 270 g/mol. The number of nitrogens with zero attached hydrogens (tertiary/aromatic N) is 1. The lowest BCUT2D eigenvalue weighted by molar-refractivity contribution is 0.252. The minimum atomic E-state index is -3.51. The average molecular weight is 291 g/mol. The van der Waals surface area contributed by atoms with Crippen LogP contribution in [0.4, 0.5) is 5.13 Å². The van der Waals surface area contributed by atoms with E-state index in [1.165, 1.54) is 0 Å². The van der Waals surface area contributed by atoms with Gasteiger partial charge >= 0.3 is 0 Å². The fraction of sp³-hybridized carbons (Fsp3) is 0.727. The number of hydrogen-bond donors (Lipinski definition) is 2. The van der Waals surface area contributed by atoms with E-state index in [4.69, 9.17) is 5.73 Å². The van der Waals surface area contributed by atoms with Gasteiger partial charge in [-0.2, -0.15) is 0 Å². The van der Waals surface area contributed by atoms with E-state index in [0.29, 0.717) is 18.2 Å². The van der Waals surface area contributed by atoms with Gasteiger partial charge in [0.25, 0.3) is 10.0 Å². The van der Waals surface area contributed by atoms with Gasteiger partial charge in [-0.1, -0.05) is 39.0 Å². The second-order valence-corrected chi connectivity index (χ2v) is 8.39. The molecule has 0 bridgehead atoms. The van der Waals surface area contributed by atoms with Crippen molar-refractivity contribution in [2.24, 2.45) is 11.3 Å². The lowest BCUT2D eigenvalue weighted by Gasteiger charge is -2.29. The lowest BCUT2D eigenvalue weighted by atomic mass is 9.81. The third-order valence-electron chi connectivity index (χ3n) is 3.30. The van der Waals surface area contributed by atoms with Crippen molar-refractivity contribution in [2.75, 3.05) is 12.3 Å². The SMILES string of the molecule is Cc1nc(N)sc1S(=O)(=O)NCC(C)(C)C(C)C. The summed E-state index contributed by atoms with van der Waals surface area (Å²) in [6.07, 6.45) is 0. The normalized spacial score (nSPS) is 13.2.